The van der Waals surface area contributed by atoms with Crippen molar-refractivity contribution in [3.05, 3.63) is 182 Å². The van der Waals surface area contributed by atoms with Crippen LogP contribution in [0, 0.1) is 0 Å². The summed E-state index contributed by atoms with van der Waals surface area (Å²) in [5, 5.41) is 6.59. The van der Waals surface area contributed by atoms with E-state index in [1.165, 1.54) is 10.8 Å². The fraction of sp³-hybridized carbons (Fsp3) is 0. The normalized spacial score (nSPS) is 11.7. The van der Waals surface area contributed by atoms with E-state index < -0.39 is 0 Å². The molecule has 0 aliphatic carbocycles. The van der Waals surface area contributed by atoms with Crippen LogP contribution in [-0.4, -0.2) is 19.5 Å². The number of benzene rings is 8. The standard InChI is InChI=1S/C49H30N4O/c1-3-15-32(16-4-1)35-29-30-42(53-40-26-11-9-22-36(40)37-23-10-12-27-41(37)53)46-45(35)44-39(25-14-28-43(44)54-46)49-51-47(33-18-5-2-6-19-33)50-48(52-49)38-24-13-20-31-17-7-8-21-34(31)38/h1-30H. The molecule has 0 aliphatic rings. The molecule has 252 valence electrons. The molecule has 0 spiro atoms. The van der Waals surface area contributed by atoms with Gasteiger partial charge < -0.3 is 8.98 Å². The van der Waals surface area contributed by atoms with Crippen LogP contribution < -0.4 is 0 Å². The maximum atomic E-state index is 7.02. The van der Waals surface area contributed by atoms with E-state index in [0.29, 0.717) is 17.5 Å². The Labute approximate surface area is 310 Å². The molecule has 3 heterocycles. The Bertz CT molecular complexity index is 3160. The SMILES string of the molecule is c1ccc(-c2nc(-c3cccc4ccccc34)nc(-c3cccc4oc5c(-n6c7ccccc7c7ccccc76)ccc(-c6ccccc6)c5c34)n2)cc1. The van der Waals surface area contributed by atoms with E-state index in [-0.39, 0.29) is 0 Å². The molecule has 5 nitrogen and oxygen atoms in total. The van der Waals surface area contributed by atoms with Gasteiger partial charge in [0.25, 0.3) is 0 Å². The Morgan fingerprint density at radius 2 is 0.926 bits per heavy atom. The van der Waals surface area contributed by atoms with E-state index >= 15 is 0 Å². The van der Waals surface area contributed by atoms with Crippen LogP contribution in [-0.2, 0) is 0 Å². The van der Waals surface area contributed by atoms with Crippen molar-refractivity contribution in [3.8, 4) is 51.0 Å². The van der Waals surface area contributed by atoms with E-state index in [9.17, 15) is 0 Å². The van der Waals surface area contributed by atoms with E-state index in [0.717, 1.165) is 77.2 Å². The summed E-state index contributed by atoms with van der Waals surface area (Å²) >= 11 is 0. The summed E-state index contributed by atoms with van der Waals surface area (Å²) in [5.41, 5.74) is 9.72. The average molecular weight is 691 g/mol. The molecule has 0 atom stereocenters. The monoisotopic (exact) mass is 690 g/mol. The highest BCUT2D eigenvalue weighted by Gasteiger charge is 2.24. The van der Waals surface area contributed by atoms with Gasteiger partial charge in [-0.25, -0.2) is 15.0 Å². The van der Waals surface area contributed by atoms with E-state index in [4.69, 9.17) is 19.4 Å². The van der Waals surface area contributed by atoms with Crippen LogP contribution in [0.4, 0.5) is 0 Å². The molecule has 0 unspecified atom stereocenters. The summed E-state index contributed by atoms with van der Waals surface area (Å²) in [6.07, 6.45) is 0. The minimum absolute atomic E-state index is 0.585. The molecule has 0 saturated carbocycles. The first kappa shape index (κ1) is 30.3. The van der Waals surface area contributed by atoms with Crippen molar-refractivity contribution in [1.29, 1.82) is 0 Å². The number of nitrogens with zero attached hydrogens (tertiary/aromatic N) is 4. The van der Waals surface area contributed by atoms with Crippen molar-refractivity contribution in [2.45, 2.75) is 0 Å². The smallest absolute Gasteiger partial charge is 0.164 e. The molecule has 54 heavy (non-hydrogen) atoms. The maximum Gasteiger partial charge on any atom is 0.164 e. The second-order valence-electron chi connectivity index (χ2n) is 13.6. The van der Waals surface area contributed by atoms with Crippen molar-refractivity contribution < 1.29 is 4.42 Å². The van der Waals surface area contributed by atoms with Gasteiger partial charge in [0.05, 0.1) is 16.7 Å². The van der Waals surface area contributed by atoms with E-state index in [1.54, 1.807) is 0 Å². The summed E-state index contributed by atoms with van der Waals surface area (Å²) in [5.74, 6) is 1.82. The summed E-state index contributed by atoms with van der Waals surface area (Å²) < 4.78 is 9.36. The summed E-state index contributed by atoms with van der Waals surface area (Å²) in [6, 6.07) is 63.1. The molecule has 5 heteroatoms. The first-order chi connectivity index (χ1) is 26.8. The lowest BCUT2D eigenvalue weighted by atomic mass is 9.96. The number of fused-ring (bicyclic) bond motifs is 7. The molecule has 0 aliphatic heterocycles. The second kappa shape index (κ2) is 12.1. The molecule has 0 saturated heterocycles. The van der Waals surface area contributed by atoms with Gasteiger partial charge in [-0.2, -0.15) is 0 Å². The number of para-hydroxylation sites is 2. The zero-order valence-electron chi connectivity index (χ0n) is 29.0. The first-order valence-corrected chi connectivity index (χ1v) is 18.1. The third kappa shape index (κ3) is 4.69. The van der Waals surface area contributed by atoms with Crippen LogP contribution in [0.15, 0.2) is 186 Å². The van der Waals surface area contributed by atoms with E-state index in [2.05, 4.69) is 144 Å². The highest BCUT2D eigenvalue weighted by Crippen LogP contribution is 2.45. The van der Waals surface area contributed by atoms with Gasteiger partial charge in [0.1, 0.15) is 5.58 Å². The molecular weight excluding hydrogens is 661 g/mol. The van der Waals surface area contributed by atoms with Crippen molar-refractivity contribution in [1.82, 2.24) is 19.5 Å². The number of rotatable bonds is 5. The van der Waals surface area contributed by atoms with E-state index in [1.807, 2.05) is 42.5 Å². The van der Waals surface area contributed by atoms with Gasteiger partial charge in [-0.15, -0.1) is 0 Å². The Balaban J connectivity index is 1.25. The Kier molecular flexibility index (Phi) is 6.79. The number of hydrogen-bond donors (Lipinski definition) is 0. The topological polar surface area (TPSA) is 56.7 Å². The fourth-order valence-corrected chi connectivity index (χ4v) is 8.06. The number of aromatic nitrogens is 4. The molecule has 11 rings (SSSR count). The molecule has 3 aromatic heterocycles. The summed E-state index contributed by atoms with van der Waals surface area (Å²) in [7, 11) is 0. The van der Waals surface area contributed by atoms with Crippen molar-refractivity contribution in [3.63, 3.8) is 0 Å². The predicted molar refractivity (Wildman–Crippen MR) is 221 cm³/mol. The third-order valence-corrected chi connectivity index (χ3v) is 10.5. The molecule has 8 aromatic carbocycles. The van der Waals surface area contributed by atoms with Gasteiger partial charge in [-0.1, -0.05) is 158 Å². The minimum Gasteiger partial charge on any atom is -0.454 e. The predicted octanol–water partition coefficient (Wildman–Crippen LogP) is 12.7. The molecule has 0 fully saturated rings. The number of hydrogen-bond acceptors (Lipinski definition) is 4. The molecule has 0 amide bonds. The fourth-order valence-electron chi connectivity index (χ4n) is 8.06. The minimum atomic E-state index is 0.585. The van der Waals surface area contributed by atoms with Gasteiger partial charge in [-0.05, 0) is 46.2 Å². The Hall–Kier alpha value is -7.37. The molecular formula is C49H30N4O. The lowest BCUT2D eigenvalue weighted by Gasteiger charge is -2.13. The van der Waals surface area contributed by atoms with Crippen LogP contribution in [0.25, 0.3) is 105 Å². The lowest BCUT2D eigenvalue weighted by Crippen LogP contribution is -2.01. The molecule has 0 bridgehead atoms. The largest absolute Gasteiger partial charge is 0.454 e. The average Bonchev–Trinajstić information content (AvgIpc) is 3.80. The van der Waals surface area contributed by atoms with Gasteiger partial charge in [-0.3, -0.25) is 0 Å². The van der Waals surface area contributed by atoms with Crippen molar-refractivity contribution in [2.24, 2.45) is 0 Å². The van der Waals surface area contributed by atoms with Gasteiger partial charge in [0, 0.05) is 38.2 Å². The summed E-state index contributed by atoms with van der Waals surface area (Å²) in [4.78, 5) is 15.6. The Morgan fingerprint density at radius 3 is 1.67 bits per heavy atom. The first-order valence-electron chi connectivity index (χ1n) is 18.1. The quantitative estimate of drug-likeness (QED) is 0.180. The summed E-state index contributed by atoms with van der Waals surface area (Å²) in [6.45, 7) is 0. The van der Waals surface area contributed by atoms with Crippen molar-refractivity contribution in [2.75, 3.05) is 0 Å². The highest BCUT2D eigenvalue weighted by atomic mass is 16.3. The van der Waals surface area contributed by atoms with Gasteiger partial charge >= 0.3 is 0 Å². The highest BCUT2D eigenvalue weighted by molar-refractivity contribution is 6.20. The molecule has 0 radical (unpaired) electrons. The zero-order chi connectivity index (χ0) is 35.6. The molecule has 0 N–H and O–H groups in total. The molecule has 11 aromatic rings. The van der Waals surface area contributed by atoms with Crippen LogP contribution in [0.1, 0.15) is 0 Å². The van der Waals surface area contributed by atoms with Crippen molar-refractivity contribution >= 4 is 54.5 Å². The Morgan fingerprint density at radius 1 is 0.370 bits per heavy atom. The van der Waals surface area contributed by atoms with Crippen LogP contribution >= 0.6 is 0 Å². The van der Waals surface area contributed by atoms with Crippen LogP contribution in [0.3, 0.4) is 0 Å². The number of furan rings is 1. The lowest BCUT2D eigenvalue weighted by molar-refractivity contribution is 0.666. The second-order valence-corrected chi connectivity index (χ2v) is 13.6. The van der Waals surface area contributed by atoms with Crippen LogP contribution in [0.2, 0.25) is 0 Å². The van der Waals surface area contributed by atoms with Gasteiger partial charge in [0.15, 0.2) is 23.1 Å². The van der Waals surface area contributed by atoms with Crippen LogP contribution in [0.5, 0.6) is 0 Å². The van der Waals surface area contributed by atoms with Gasteiger partial charge in [0.2, 0.25) is 0 Å². The third-order valence-electron chi connectivity index (χ3n) is 10.5. The maximum absolute atomic E-state index is 7.02. The zero-order valence-corrected chi connectivity index (χ0v) is 29.0.